The van der Waals surface area contributed by atoms with Crippen molar-refractivity contribution in [3.63, 3.8) is 0 Å². The summed E-state index contributed by atoms with van der Waals surface area (Å²) >= 11 is 0. The van der Waals surface area contributed by atoms with Gasteiger partial charge in [0.05, 0.1) is 0 Å². The van der Waals surface area contributed by atoms with Crippen LogP contribution in [0.5, 0.6) is 0 Å². The van der Waals surface area contributed by atoms with E-state index in [1.807, 2.05) is 0 Å². The van der Waals surface area contributed by atoms with Gasteiger partial charge in [-0.05, 0) is 0 Å². The van der Waals surface area contributed by atoms with Crippen molar-refractivity contribution in [1.82, 2.24) is 0 Å². The van der Waals surface area contributed by atoms with E-state index >= 15 is 0 Å². The molecular formula is H2Al2Li2O3. The van der Waals surface area contributed by atoms with Gasteiger partial charge in [0.15, 0.2) is 0 Å². The molecule has 0 saturated heterocycles. The van der Waals surface area contributed by atoms with Crippen molar-refractivity contribution in [2.75, 3.05) is 0 Å². The topological polar surface area (TPSA) is 85.5 Å². The zero-order chi connectivity index (χ0) is 0. The number of rotatable bonds is 0. The van der Waals surface area contributed by atoms with Crippen LogP contribution < -0.4 is 0 Å². The summed E-state index contributed by atoms with van der Waals surface area (Å²) in [4.78, 5) is 0. The van der Waals surface area contributed by atoms with Gasteiger partial charge in [0.1, 0.15) is 0 Å². The number of hydrogen-bond acceptors (Lipinski definition) is 0. The van der Waals surface area contributed by atoms with E-state index in [1.54, 1.807) is 0 Å². The Morgan fingerprint density at radius 3 is 0.429 bits per heavy atom. The predicted octanol–water partition coefficient (Wildman–Crippen LogP) is -2.42. The molecule has 0 bridgehead atoms. The molecular weight excluding hydrogens is 116 g/mol. The smallest absolute Gasteiger partial charge is 2.00 e. The molecule has 0 spiro atoms. The normalized spacial score (nSPS) is 0. The van der Waals surface area contributed by atoms with Crippen LogP contribution in [0.2, 0.25) is 0 Å². The summed E-state index contributed by atoms with van der Waals surface area (Å²) in [5.74, 6) is 0. The van der Waals surface area contributed by atoms with Gasteiger partial charge in [-0.2, -0.15) is 0 Å². The van der Waals surface area contributed by atoms with Crippen molar-refractivity contribution in [1.29, 1.82) is 0 Å². The molecule has 0 aliphatic carbocycles. The average molecular weight is 118 g/mol. The third-order valence-corrected chi connectivity index (χ3v) is 0. The molecule has 0 N–H and O–H groups in total. The largest absolute Gasteiger partial charge is 2.00 e. The molecule has 0 amide bonds. The van der Waals surface area contributed by atoms with Gasteiger partial charge < -0.3 is 16.4 Å². The van der Waals surface area contributed by atoms with E-state index in [9.17, 15) is 0 Å². The minimum Gasteiger partial charge on any atom is -2.00 e. The molecule has 3 nitrogen and oxygen atoms in total. The monoisotopic (exact) mass is 118 g/mol. The molecule has 7 heteroatoms. The molecule has 0 aromatic heterocycles. The molecule has 0 fully saturated rings. The van der Waals surface area contributed by atoms with Gasteiger partial charge in [-0.25, -0.2) is 0 Å². The summed E-state index contributed by atoms with van der Waals surface area (Å²) in [5, 5.41) is 0. The van der Waals surface area contributed by atoms with Crippen LogP contribution in [0.25, 0.3) is 0 Å². The van der Waals surface area contributed by atoms with Crippen LogP contribution in [0.4, 0.5) is 0 Å². The van der Waals surface area contributed by atoms with Crippen molar-refractivity contribution in [3.05, 3.63) is 0 Å². The Kier molecular flexibility index (Phi) is 1710. The Balaban J connectivity index is 0. The minimum atomic E-state index is 0. The first-order chi connectivity index (χ1) is 0. The van der Waals surface area contributed by atoms with Crippen LogP contribution in [0.1, 0.15) is 0 Å². The molecule has 0 aromatic rings. The molecule has 0 heterocycles. The summed E-state index contributed by atoms with van der Waals surface area (Å²) in [6.07, 6.45) is 0. The molecule has 0 rings (SSSR count). The van der Waals surface area contributed by atoms with E-state index in [0.29, 0.717) is 0 Å². The number of hydrogen-bond donors (Lipinski definition) is 0. The van der Waals surface area contributed by atoms with Crippen LogP contribution in [-0.4, -0.2) is 72.4 Å². The maximum atomic E-state index is 0. The Labute approximate surface area is 88.2 Å². The first-order valence-corrected chi connectivity index (χ1v) is 0. The van der Waals surface area contributed by atoms with E-state index in [4.69, 9.17) is 0 Å². The van der Waals surface area contributed by atoms with Crippen molar-refractivity contribution < 1.29 is 16.4 Å². The van der Waals surface area contributed by atoms with Crippen LogP contribution >= 0.6 is 0 Å². The first-order valence-electron chi connectivity index (χ1n) is 0. The third kappa shape index (κ3) is 67.0. The van der Waals surface area contributed by atoms with Crippen molar-refractivity contribution in [2.45, 2.75) is 0 Å². The zero-order valence-corrected chi connectivity index (χ0v) is 4.69. The summed E-state index contributed by atoms with van der Waals surface area (Å²) in [5.41, 5.74) is 0. The zero-order valence-electron chi connectivity index (χ0n) is 2.38. The molecule has 0 aromatic carbocycles. The van der Waals surface area contributed by atoms with E-state index in [-0.39, 0.29) is 88.9 Å². The molecule has 0 aliphatic rings. The maximum absolute atomic E-state index is 0. The maximum Gasteiger partial charge on any atom is -2.00 e. The van der Waals surface area contributed by atoms with Crippen molar-refractivity contribution in [3.8, 4) is 0 Å². The van der Waals surface area contributed by atoms with Crippen LogP contribution in [0.15, 0.2) is 0 Å². The van der Waals surface area contributed by atoms with Gasteiger partial charge >= 0.3 is 72.4 Å². The van der Waals surface area contributed by atoms with Gasteiger partial charge in [0, 0.05) is 0 Å². The first kappa shape index (κ1) is 132. The second-order valence-corrected chi connectivity index (χ2v) is 0. The second-order valence-electron chi connectivity index (χ2n) is 0. The van der Waals surface area contributed by atoms with Crippen LogP contribution in [0, 0.1) is 0 Å². The fourth-order valence-electron chi connectivity index (χ4n) is 0. The van der Waals surface area contributed by atoms with Crippen LogP contribution in [-0.2, 0) is 16.4 Å². The Morgan fingerprint density at radius 2 is 0.429 bits per heavy atom. The standard InChI is InChI=1S/2Al.2Li.3O.2H/q2*+3;;;3*-2;;. The Bertz CT molecular complexity index is 10.9. The van der Waals surface area contributed by atoms with Gasteiger partial charge in [-0.1, -0.05) is 0 Å². The van der Waals surface area contributed by atoms with Gasteiger partial charge in [-0.15, -0.1) is 0 Å². The molecule has 0 radical (unpaired) electrons. The van der Waals surface area contributed by atoms with Crippen molar-refractivity contribution in [2.24, 2.45) is 0 Å². The summed E-state index contributed by atoms with van der Waals surface area (Å²) in [6.45, 7) is 0. The fraction of sp³-hybridized carbons (Fsp3) is 0. The third-order valence-electron chi connectivity index (χ3n) is 0. The van der Waals surface area contributed by atoms with Crippen LogP contribution in [0.3, 0.4) is 0 Å². The van der Waals surface area contributed by atoms with E-state index in [0.717, 1.165) is 0 Å². The van der Waals surface area contributed by atoms with Crippen molar-refractivity contribution >= 4 is 72.4 Å². The van der Waals surface area contributed by atoms with E-state index in [2.05, 4.69) is 0 Å². The molecule has 7 heavy (non-hydrogen) atoms. The quantitative estimate of drug-likeness (QED) is 0.317. The summed E-state index contributed by atoms with van der Waals surface area (Å²) in [7, 11) is 0. The molecule has 0 atom stereocenters. The van der Waals surface area contributed by atoms with E-state index < -0.39 is 0 Å². The van der Waals surface area contributed by atoms with Gasteiger partial charge in [0.2, 0.25) is 0 Å². The predicted molar refractivity (Wildman–Crippen MR) is 27.9 cm³/mol. The minimum absolute atomic E-state index is 0. The van der Waals surface area contributed by atoms with E-state index in [1.165, 1.54) is 0 Å². The summed E-state index contributed by atoms with van der Waals surface area (Å²) < 4.78 is 0. The molecule has 0 saturated carbocycles. The fourth-order valence-corrected chi connectivity index (χ4v) is 0. The average Bonchev–Trinajstić information content (AvgIpc) is 0. The molecule has 0 aliphatic heterocycles. The SMILES string of the molecule is [Al+3].[Al+3].[LiH].[LiH].[O-2].[O-2].[O-2]. The Morgan fingerprint density at radius 1 is 0.429 bits per heavy atom. The Hall–Kier alpha value is 2.14. The molecule has 28 valence electrons. The molecule has 0 unspecified atom stereocenters. The van der Waals surface area contributed by atoms with Gasteiger partial charge in [-0.3, -0.25) is 0 Å². The van der Waals surface area contributed by atoms with Gasteiger partial charge in [0.25, 0.3) is 0 Å². The second kappa shape index (κ2) is 90.6. The summed E-state index contributed by atoms with van der Waals surface area (Å²) in [6, 6.07) is 0.